The van der Waals surface area contributed by atoms with Crippen molar-refractivity contribution in [3.63, 3.8) is 0 Å². The molecule has 0 radical (unpaired) electrons. The highest BCUT2D eigenvalue weighted by atomic mass is 16.3. The second-order valence-electron chi connectivity index (χ2n) is 7.45. The molecule has 3 aromatic rings. The van der Waals surface area contributed by atoms with Crippen LogP contribution in [0.15, 0.2) is 102 Å². The number of carbonyl (C=O) groups is 1. The van der Waals surface area contributed by atoms with Crippen molar-refractivity contribution in [3.05, 3.63) is 124 Å². The van der Waals surface area contributed by atoms with Crippen molar-refractivity contribution in [3.8, 4) is 0 Å². The minimum Gasteiger partial charge on any atom is -0.507 e. The first-order valence-electron chi connectivity index (χ1n) is 10.1. The zero-order valence-corrected chi connectivity index (χ0v) is 16.3. The molecule has 144 valence electrons. The van der Waals surface area contributed by atoms with Gasteiger partial charge in [0.05, 0.1) is 0 Å². The average Bonchev–Trinajstić information content (AvgIpc) is 2.76. The van der Waals surface area contributed by atoms with E-state index >= 15 is 0 Å². The highest BCUT2D eigenvalue weighted by Crippen LogP contribution is 2.31. The molecule has 1 aliphatic carbocycles. The molecule has 0 unspecified atom stereocenters. The smallest absolute Gasteiger partial charge is 0.192 e. The van der Waals surface area contributed by atoms with Crippen LogP contribution in [-0.4, -0.2) is 10.9 Å². The summed E-state index contributed by atoms with van der Waals surface area (Å²) >= 11 is 0. The number of benzene rings is 3. The van der Waals surface area contributed by atoms with E-state index < -0.39 is 0 Å². The van der Waals surface area contributed by atoms with E-state index in [2.05, 4.69) is 36.4 Å². The zero-order valence-electron chi connectivity index (χ0n) is 16.3. The maximum atomic E-state index is 12.8. The molecule has 0 amide bonds. The van der Waals surface area contributed by atoms with Gasteiger partial charge in [0, 0.05) is 11.1 Å². The van der Waals surface area contributed by atoms with Crippen molar-refractivity contribution in [2.45, 2.75) is 25.7 Å². The largest absolute Gasteiger partial charge is 0.507 e. The van der Waals surface area contributed by atoms with E-state index in [1.54, 1.807) is 12.1 Å². The molecular formula is C27H24O2. The second kappa shape index (κ2) is 8.74. The lowest BCUT2D eigenvalue weighted by molar-refractivity contribution is 0.102. The number of aliphatic hydroxyl groups is 1. The molecule has 0 atom stereocenters. The van der Waals surface area contributed by atoms with Crippen LogP contribution in [0.5, 0.6) is 0 Å². The van der Waals surface area contributed by atoms with Crippen molar-refractivity contribution in [2.24, 2.45) is 0 Å². The molecule has 2 nitrogen and oxygen atoms in total. The predicted molar refractivity (Wildman–Crippen MR) is 118 cm³/mol. The molecule has 0 aromatic heterocycles. The van der Waals surface area contributed by atoms with E-state index in [0.29, 0.717) is 17.6 Å². The summed E-state index contributed by atoms with van der Waals surface area (Å²) < 4.78 is 0. The first kappa shape index (κ1) is 18.9. The fourth-order valence-electron chi connectivity index (χ4n) is 3.84. The molecule has 2 heteroatoms. The highest BCUT2D eigenvalue weighted by Gasteiger charge is 2.23. The maximum Gasteiger partial charge on any atom is 0.192 e. The number of aliphatic hydroxyl groups excluding tert-OH is 1. The fourth-order valence-corrected chi connectivity index (χ4v) is 3.84. The molecule has 4 rings (SSSR count). The van der Waals surface area contributed by atoms with Gasteiger partial charge in [0.25, 0.3) is 0 Å². The second-order valence-corrected chi connectivity index (χ2v) is 7.45. The summed E-state index contributed by atoms with van der Waals surface area (Å²) in [6.07, 6.45) is 5.15. The van der Waals surface area contributed by atoms with Gasteiger partial charge in [-0.25, -0.2) is 0 Å². The maximum absolute atomic E-state index is 12.8. The first-order valence-corrected chi connectivity index (χ1v) is 10.1. The Kier molecular flexibility index (Phi) is 5.71. The van der Waals surface area contributed by atoms with Gasteiger partial charge in [-0.3, -0.25) is 4.79 Å². The fraction of sp³-hybridized carbons (Fsp3) is 0.148. The number of hydrogen-bond acceptors (Lipinski definition) is 2. The Balaban J connectivity index is 1.60. The third kappa shape index (κ3) is 4.55. The predicted octanol–water partition coefficient (Wildman–Crippen LogP) is 6.54. The van der Waals surface area contributed by atoms with Crippen molar-refractivity contribution in [1.82, 2.24) is 0 Å². The van der Waals surface area contributed by atoms with E-state index in [9.17, 15) is 9.90 Å². The summed E-state index contributed by atoms with van der Waals surface area (Å²) in [6.45, 7) is 0. The molecule has 0 aliphatic heterocycles. The van der Waals surface area contributed by atoms with Crippen LogP contribution < -0.4 is 0 Å². The lowest BCUT2D eigenvalue weighted by Crippen LogP contribution is -2.12. The molecule has 0 saturated heterocycles. The molecular weight excluding hydrogens is 356 g/mol. The van der Waals surface area contributed by atoms with Crippen LogP contribution in [0, 0.1) is 0 Å². The third-order valence-corrected chi connectivity index (χ3v) is 5.32. The molecule has 1 aliphatic rings. The number of allylic oxidation sites excluding steroid dienone is 2. The molecule has 0 heterocycles. The number of carbonyl (C=O) groups excluding carboxylic acids is 1. The molecule has 0 spiro atoms. The summed E-state index contributed by atoms with van der Waals surface area (Å²) in [5.74, 6) is 0.0742. The number of hydrogen-bond donors (Lipinski definition) is 1. The van der Waals surface area contributed by atoms with Crippen molar-refractivity contribution in [1.29, 1.82) is 0 Å². The third-order valence-electron chi connectivity index (χ3n) is 5.32. The summed E-state index contributed by atoms with van der Waals surface area (Å²) in [5.41, 5.74) is 5.54. The van der Waals surface area contributed by atoms with E-state index in [-0.39, 0.29) is 11.5 Å². The first-order chi connectivity index (χ1) is 14.2. The topological polar surface area (TPSA) is 37.3 Å². The Hall–Kier alpha value is -3.39. The quantitative estimate of drug-likeness (QED) is 0.510. The zero-order chi connectivity index (χ0) is 20.1. The standard InChI is InChI=1S/C27H24O2/c28-26(23-13-5-2-6-14-23)25-16-8-15-24(27(25)29)19-22-12-7-11-21(18-22)17-20-9-3-1-4-10-20/h1-7,9-14,18-19,29H,8,15-17H2/b24-19+. The van der Waals surface area contributed by atoms with Gasteiger partial charge in [-0.2, -0.15) is 0 Å². The van der Waals surface area contributed by atoms with Gasteiger partial charge in [0.1, 0.15) is 5.76 Å². The van der Waals surface area contributed by atoms with Crippen molar-refractivity contribution in [2.75, 3.05) is 0 Å². The van der Waals surface area contributed by atoms with E-state index in [4.69, 9.17) is 0 Å². The van der Waals surface area contributed by atoms with Crippen LogP contribution in [0.3, 0.4) is 0 Å². The normalized spacial score (nSPS) is 15.5. The van der Waals surface area contributed by atoms with E-state index in [0.717, 1.165) is 30.4 Å². The van der Waals surface area contributed by atoms with Gasteiger partial charge >= 0.3 is 0 Å². The minimum absolute atomic E-state index is 0.0773. The van der Waals surface area contributed by atoms with Gasteiger partial charge in [-0.05, 0) is 54.0 Å². The van der Waals surface area contributed by atoms with E-state index in [1.165, 1.54) is 11.1 Å². The van der Waals surface area contributed by atoms with Gasteiger partial charge in [0.15, 0.2) is 5.78 Å². The molecule has 3 aromatic carbocycles. The lowest BCUT2D eigenvalue weighted by Gasteiger charge is -2.18. The van der Waals surface area contributed by atoms with Crippen molar-refractivity contribution < 1.29 is 9.90 Å². The lowest BCUT2D eigenvalue weighted by atomic mass is 9.87. The van der Waals surface area contributed by atoms with E-state index in [1.807, 2.05) is 42.5 Å². The molecule has 0 fully saturated rings. The summed E-state index contributed by atoms with van der Waals surface area (Å²) in [7, 11) is 0. The Bertz CT molecular complexity index is 1060. The van der Waals surface area contributed by atoms with Crippen LogP contribution in [0.2, 0.25) is 0 Å². The monoisotopic (exact) mass is 380 g/mol. The Morgan fingerprint density at radius 3 is 2.28 bits per heavy atom. The molecule has 0 saturated carbocycles. The Morgan fingerprint density at radius 1 is 0.828 bits per heavy atom. The molecule has 1 N–H and O–H groups in total. The number of rotatable bonds is 5. The summed E-state index contributed by atoms with van der Waals surface area (Å²) in [6, 6.07) is 27.9. The van der Waals surface area contributed by atoms with Gasteiger partial charge < -0.3 is 5.11 Å². The van der Waals surface area contributed by atoms with Gasteiger partial charge in [-0.1, -0.05) is 84.9 Å². The highest BCUT2D eigenvalue weighted by molar-refractivity contribution is 6.09. The SMILES string of the molecule is O=C(C1=C(O)/C(=C/c2cccc(Cc3ccccc3)c2)CCC1)c1ccccc1. The van der Waals surface area contributed by atoms with Crippen LogP contribution in [-0.2, 0) is 6.42 Å². The Labute approximate surface area is 171 Å². The minimum atomic E-state index is -0.0773. The number of ketones is 1. The average molecular weight is 380 g/mol. The van der Waals surface area contributed by atoms with Crippen molar-refractivity contribution >= 4 is 11.9 Å². The van der Waals surface area contributed by atoms with Crippen LogP contribution in [0.4, 0.5) is 0 Å². The van der Waals surface area contributed by atoms with Crippen LogP contribution >= 0.6 is 0 Å². The van der Waals surface area contributed by atoms with Crippen LogP contribution in [0.25, 0.3) is 6.08 Å². The molecule has 0 bridgehead atoms. The summed E-state index contributed by atoms with van der Waals surface area (Å²) in [4.78, 5) is 12.8. The molecule has 29 heavy (non-hydrogen) atoms. The van der Waals surface area contributed by atoms with Gasteiger partial charge in [-0.15, -0.1) is 0 Å². The van der Waals surface area contributed by atoms with Crippen LogP contribution in [0.1, 0.15) is 46.3 Å². The number of Topliss-reactive ketones (excluding diaryl/α,β-unsaturated/α-hetero) is 1. The summed E-state index contributed by atoms with van der Waals surface area (Å²) in [5, 5.41) is 10.8. The Morgan fingerprint density at radius 2 is 1.52 bits per heavy atom. The van der Waals surface area contributed by atoms with Gasteiger partial charge in [0.2, 0.25) is 0 Å².